The van der Waals surface area contributed by atoms with Crippen LogP contribution in [0.2, 0.25) is 0 Å². The van der Waals surface area contributed by atoms with Crippen molar-refractivity contribution in [2.45, 2.75) is 37.9 Å². The summed E-state index contributed by atoms with van der Waals surface area (Å²) in [4.78, 5) is 0. The summed E-state index contributed by atoms with van der Waals surface area (Å²) in [5.74, 6) is -1.96. The maximum Gasteiger partial charge on any atom is 0.405 e. The van der Waals surface area contributed by atoms with Gasteiger partial charge in [-0.1, -0.05) is 12.8 Å². The number of hydrogen-bond donors (Lipinski definition) is 2. The molecule has 98 valence electrons. The van der Waals surface area contributed by atoms with E-state index in [1.807, 2.05) is 0 Å². The van der Waals surface area contributed by atoms with E-state index >= 15 is 0 Å². The van der Waals surface area contributed by atoms with Gasteiger partial charge in [0.25, 0.3) is 0 Å². The molecule has 3 unspecified atom stereocenters. The number of aliphatic hydroxyl groups is 1. The molecule has 3 atom stereocenters. The summed E-state index contributed by atoms with van der Waals surface area (Å²) in [5, 5.41) is 20.3. The summed E-state index contributed by atoms with van der Waals surface area (Å²) in [5.41, 5.74) is 0. The van der Waals surface area contributed by atoms with Crippen molar-refractivity contribution < 1.29 is 18.3 Å². The van der Waals surface area contributed by atoms with Crippen LogP contribution in [0.5, 0.6) is 0 Å². The normalized spacial score (nSPS) is 27.5. The molecule has 1 aliphatic rings. The van der Waals surface area contributed by atoms with E-state index in [2.05, 4.69) is 5.32 Å². The molecule has 0 amide bonds. The number of aliphatic hydroxyl groups excluding tert-OH is 1. The SMILES string of the molecule is N#CC(CNC1CCCCC1CO)C(F)(F)F. The lowest BCUT2D eigenvalue weighted by Crippen LogP contribution is -2.44. The first-order valence-corrected chi connectivity index (χ1v) is 5.79. The van der Waals surface area contributed by atoms with Gasteiger partial charge >= 0.3 is 6.18 Å². The second-order valence-corrected chi connectivity index (χ2v) is 4.47. The maximum absolute atomic E-state index is 12.3. The second-order valence-electron chi connectivity index (χ2n) is 4.47. The molecule has 0 aliphatic heterocycles. The molecule has 1 rings (SSSR count). The zero-order valence-electron chi connectivity index (χ0n) is 9.50. The summed E-state index contributed by atoms with van der Waals surface area (Å²) in [6, 6.07) is 1.16. The van der Waals surface area contributed by atoms with Crippen LogP contribution in [-0.4, -0.2) is 30.5 Å². The minimum absolute atomic E-state index is 0.0105. The molecule has 0 bridgehead atoms. The molecule has 2 N–H and O–H groups in total. The minimum Gasteiger partial charge on any atom is -0.396 e. The lowest BCUT2D eigenvalue weighted by atomic mass is 9.85. The van der Waals surface area contributed by atoms with E-state index in [0.29, 0.717) is 0 Å². The van der Waals surface area contributed by atoms with Crippen LogP contribution in [-0.2, 0) is 0 Å². The van der Waals surface area contributed by atoms with Gasteiger partial charge in [-0.25, -0.2) is 0 Å². The zero-order valence-corrected chi connectivity index (χ0v) is 9.50. The third-order valence-corrected chi connectivity index (χ3v) is 3.28. The molecule has 6 heteroatoms. The van der Waals surface area contributed by atoms with Crippen molar-refractivity contribution >= 4 is 0 Å². The predicted octanol–water partition coefficient (Wildman–Crippen LogP) is 1.83. The van der Waals surface area contributed by atoms with Crippen LogP contribution >= 0.6 is 0 Å². The number of nitrogens with zero attached hydrogens (tertiary/aromatic N) is 1. The smallest absolute Gasteiger partial charge is 0.396 e. The molecule has 0 saturated heterocycles. The van der Waals surface area contributed by atoms with Crippen LogP contribution in [0, 0.1) is 23.2 Å². The standard InChI is InChI=1S/C11H17F3N2O/c12-11(13,14)9(5-15)6-16-10-4-2-1-3-8(10)7-17/h8-10,16-17H,1-4,6-7H2. The number of hydrogen-bond acceptors (Lipinski definition) is 3. The average Bonchev–Trinajstić information content (AvgIpc) is 2.28. The molecule has 0 aromatic heterocycles. The highest BCUT2D eigenvalue weighted by Crippen LogP contribution is 2.27. The predicted molar refractivity (Wildman–Crippen MR) is 56.0 cm³/mol. The summed E-state index contributed by atoms with van der Waals surface area (Å²) in [6.45, 7) is -0.401. The fourth-order valence-electron chi connectivity index (χ4n) is 2.20. The molecule has 3 nitrogen and oxygen atoms in total. The number of nitrogens with one attached hydrogen (secondary N) is 1. The Bertz CT molecular complexity index is 275. The fraction of sp³-hybridized carbons (Fsp3) is 0.909. The summed E-state index contributed by atoms with van der Waals surface area (Å²) in [6.07, 6.45) is -0.925. The Morgan fingerprint density at radius 3 is 2.53 bits per heavy atom. The van der Waals surface area contributed by atoms with E-state index in [-0.39, 0.29) is 25.1 Å². The summed E-state index contributed by atoms with van der Waals surface area (Å²) in [7, 11) is 0. The van der Waals surface area contributed by atoms with E-state index in [1.54, 1.807) is 0 Å². The van der Waals surface area contributed by atoms with Gasteiger partial charge in [0.05, 0.1) is 6.07 Å². The second kappa shape index (κ2) is 6.22. The molecule has 0 heterocycles. The fourth-order valence-corrected chi connectivity index (χ4v) is 2.20. The van der Waals surface area contributed by atoms with Gasteiger partial charge in [0.2, 0.25) is 0 Å². The van der Waals surface area contributed by atoms with Gasteiger partial charge in [-0.15, -0.1) is 0 Å². The monoisotopic (exact) mass is 250 g/mol. The first kappa shape index (κ1) is 14.3. The minimum atomic E-state index is -4.48. The van der Waals surface area contributed by atoms with Gasteiger partial charge in [-0.05, 0) is 18.8 Å². The van der Waals surface area contributed by atoms with Crippen molar-refractivity contribution in [3.8, 4) is 6.07 Å². The molecule has 17 heavy (non-hydrogen) atoms. The lowest BCUT2D eigenvalue weighted by Gasteiger charge is -2.31. The topological polar surface area (TPSA) is 56.0 Å². The van der Waals surface area contributed by atoms with E-state index in [9.17, 15) is 13.2 Å². The number of alkyl halides is 3. The molecule has 0 spiro atoms. The van der Waals surface area contributed by atoms with E-state index in [4.69, 9.17) is 10.4 Å². The van der Waals surface area contributed by atoms with Crippen LogP contribution in [0.1, 0.15) is 25.7 Å². The Morgan fingerprint density at radius 2 is 2.00 bits per heavy atom. The van der Waals surface area contributed by atoms with E-state index in [1.165, 1.54) is 6.07 Å². The van der Waals surface area contributed by atoms with Crippen molar-refractivity contribution in [1.82, 2.24) is 5.32 Å². The third kappa shape index (κ3) is 4.17. The Balaban J connectivity index is 2.45. The number of rotatable bonds is 4. The largest absolute Gasteiger partial charge is 0.405 e. The zero-order chi connectivity index (χ0) is 12.9. The van der Waals surface area contributed by atoms with Gasteiger partial charge in [-0.2, -0.15) is 18.4 Å². The van der Waals surface area contributed by atoms with Gasteiger partial charge in [-0.3, -0.25) is 0 Å². The maximum atomic E-state index is 12.3. The van der Waals surface area contributed by atoms with Crippen molar-refractivity contribution in [2.24, 2.45) is 11.8 Å². The molecule has 1 saturated carbocycles. The highest BCUT2D eigenvalue weighted by molar-refractivity contribution is 4.92. The van der Waals surface area contributed by atoms with Gasteiger partial charge < -0.3 is 10.4 Å². The number of halogens is 3. The summed E-state index contributed by atoms with van der Waals surface area (Å²) < 4.78 is 37.0. The van der Waals surface area contributed by atoms with Gasteiger partial charge in [0.15, 0.2) is 5.92 Å². The quantitative estimate of drug-likeness (QED) is 0.800. The van der Waals surface area contributed by atoms with Crippen LogP contribution in [0.4, 0.5) is 13.2 Å². The van der Waals surface area contributed by atoms with Crippen molar-refractivity contribution in [2.75, 3.05) is 13.2 Å². The lowest BCUT2D eigenvalue weighted by molar-refractivity contribution is -0.158. The van der Waals surface area contributed by atoms with Gasteiger partial charge in [0, 0.05) is 19.2 Å². The molecule has 0 aromatic carbocycles. The third-order valence-electron chi connectivity index (χ3n) is 3.28. The van der Waals surface area contributed by atoms with Crippen LogP contribution in [0.3, 0.4) is 0 Å². The Hall–Kier alpha value is -0.800. The van der Waals surface area contributed by atoms with Crippen molar-refractivity contribution in [1.29, 1.82) is 5.26 Å². The highest BCUT2D eigenvalue weighted by atomic mass is 19.4. The molecule has 1 fully saturated rings. The van der Waals surface area contributed by atoms with Crippen LogP contribution in [0.25, 0.3) is 0 Å². The number of nitriles is 1. The first-order valence-electron chi connectivity index (χ1n) is 5.79. The molecular formula is C11H17F3N2O. The summed E-state index contributed by atoms with van der Waals surface area (Å²) >= 11 is 0. The first-order chi connectivity index (χ1) is 7.99. The van der Waals surface area contributed by atoms with Crippen LogP contribution in [0.15, 0.2) is 0 Å². The van der Waals surface area contributed by atoms with E-state index in [0.717, 1.165) is 25.7 Å². The molecule has 1 aliphatic carbocycles. The van der Waals surface area contributed by atoms with Crippen molar-refractivity contribution in [3.05, 3.63) is 0 Å². The average molecular weight is 250 g/mol. The Labute approximate surface area is 98.6 Å². The Kier molecular flexibility index (Phi) is 5.22. The highest BCUT2D eigenvalue weighted by Gasteiger charge is 2.40. The molecular weight excluding hydrogens is 233 g/mol. The van der Waals surface area contributed by atoms with Crippen molar-refractivity contribution in [3.63, 3.8) is 0 Å². The molecule has 0 aromatic rings. The van der Waals surface area contributed by atoms with Crippen LogP contribution < -0.4 is 5.32 Å². The Morgan fingerprint density at radius 1 is 1.35 bits per heavy atom. The van der Waals surface area contributed by atoms with E-state index < -0.39 is 12.1 Å². The van der Waals surface area contributed by atoms with Gasteiger partial charge in [0.1, 0.15) is 0 Å². The molecule has 0 radical (unpaired) electrons.